The standard InChI is InChI=1S/C24H28ClN3O/c1-4-27-21-9-14-24(19(16-21)15-18-5-7-20(25)8-6-18)28(26)22-10-12-23(13-11-22)29-17(2)3/h5-14,16-17,27H,4,15,26H2,1-3H3. The number of hydrogen-bond donors (Lipinski definition) is 2. The van der Waals surface area contributed by atoms with Crippen molar-refractivity contribution < 1.29 is 4.74 Å². The summed E-state index contributed by atoms with van der Waals surface area (Å²) in [5, 5.41) is 5.84. The van der Waals surface area contributed by atoms with Crippen molar-refractivity contribution in [3.8, 4) is 5.75 Å². The van der Waals surface area contributed by atoms with Crippen molar-refractivity contribution in [1.82, 2.24) is 0 Å². The second kappa shape index (κ2) is 9.68. The van der Waals surface area contributed by atoms with Crippen LogP contribution in [0.2, 0.25) is 5.02 Å². The zero-order valence-corrected chi connectivity index (χ0v) is 17.9. The average Bonchev–Trinajstić information content (AvgIpc) is 2.70. The minimum atomic E-state index is 0.138. The fourth-order valence-electron chi connectivity index (χ4n) is 3.19. The second-order valence-electron chi connectivity index (χ2n) is 7.21. The van der Waals surface area contributed by atoms with Crippen molar-refractivity contribution in [1.29, 1.82) is 0 Å². The molecular weight excluding hydrogens is 382 g/mol. The normalized spacial score (nSPS) is 10.8. The SMILES string of the molecule is CCNc1ccc(N(N)c2ccc(OC(C)C)cc2)c(Cc2ccc(Cl)cc2)c1. The zero-order chi connectivity index (χ0) is 20.8. The number of halogens is 1. The summed E-state index contributed by atoms with van der Waals surface area (Å²) in [7, 11) is 0. The van der Waals surface area contributed by atoms with Crippen molar-refractivity contribution >= 4 is 28.7 Å². The van der Waals surface area contributed by atoms with Gasteiger partial charge in [0, 0.05) is 17.3 Å². The summed E-state index contributed by atoms with van der Waals surface area (Å²) in [6.07, 6.45) is 0.896. The van der Waals surface area contributed by atoms with E-state index in [1.54, 1.807) is 5.01 Å². The molecule has 3 N–H and O–H groups in total. The van der Waals surface area contributed by atoms with Crippen molar-refractivity contribution in [2.75, 3.05) is 16.9 Å². The smallest absolute Gasteiger partial charge is 0.119 e. The highest BCUT2D eigenvalue weighted by Gasteiger charge is 2.12. The van der Waals surface area contributed by atoms with Crippen molar-refractivity contribution in [3.63, 3.8) is 0 Å². The molecule has 0 saturated carbocycles. The number of nitrogens with zero attached hydrogens (tertiary/aromatic N) is 1. The third-order valence-corrected chi connectivity index (χ3v) is 4.77. The number of nitrogens with two attached hydrogens (primary N) is 1. The molecule has 0 aliphatic carbocycles. The minimum absolute atomic E-state index is 0.138. The molecule has 0 saturated heterocycles. The number of hydrogen-bond acceptors (Lipinski definition) is 4. The minimum Gasteiger partial charge on any atom is -0.491 e. The van der Waals surface area contributed by atoms with Gasteiger partial charge in [0.2, 0.25) is 0 Å². The quantitative estimate of drug-likeness (QED) is 0.345. The topological polar surface area (TPSA) is 50.5 Å². The Labute approximate surface area is 178 Å². The molecule has 0 unspecified atom stereocenters. The molecule has 0 aliphatic rings. The van der Waals surface area contributed by atoms with Crippen LogP contribution in [-0.4, -0.2) is 12.6 Å². The molecule has 0 aliphatic heterocycles. The first kappa shape index (κ1) is 21.0. The molecule has 29 heavy (non-hydrogen) atoms. The van der Waals surface area contributed by atoms with Crippen LogP contribution < -0.4 is 20.9 Å². The van der Waals surface area contributed by atoms with Gasteiger partial charge in [-0.3, -0.25) is 5.01 Å². The average molecular weight is 410 g/mol. The van der Waals surface area contributed by atoms with Crippen LogP contribution in [-0.2, 0) is 6.42 Å². The Hall–Kier alpha value is -2.69. The Morgan fingerprint density at radius 3 is 2.31 bits per heavy atom. The van der Waals surface area contributed by atoms with Crippen LogP contribution in [0.3, 0.4) is 0 Å². The molecule has 0 atom stereocenters. The van der Waals surface area contributed by atoms with Gasteiger partial charge < -0.3 is 10.1 Å². The van der Waals surface area contributed by atoms with Crippen LogP contribution in [0.1, 0.15) is 31.9 Å². The molecule has 0 aromatic heterocycles. The maximum atomic E-state index is 6.52. The van der Waals surface area contributed by atoms with Crippen molar-refractivity contribution in [2.24, 2.45) is 5.84 Å². The molecule has 5 heteroatoms. The van der Waals surface area contributed by atoms with Gasteiger partial charge in [-0.2, -0.15) is 0 Å². The highest BCUT2D eigenvalue weighted by molar-refractivity contribution is 6.30. The Balaban J connectivity index is 1.90. The Morgan fingerprint density at radius 1 is 1.00 bits per heavy atom. The third-order valence-electron chi connectivity index (χ3n) is 4.51. The predicted octanol–water partition coefficient (Wildman–Crippen LogP) is 6.16. The number of benzene rings is 3. The second-order valence-corrected chi connectivity index (χ2v) is 7.64. The number of anilines is 3. The molecule has 0 fully saturated rings. The van der Waals surface area contributed by atoms with Gasteiger partial charge in [-0.15, -0.1) is 0 Å². The molecule has 0 amide bonds. The summed E-state index contributed by atoms with van der Waals surface area (Å²) in [4.78, 5) is 0. The molecule has 3 aromatic rings. The number of rotatable bonds is 8. The molecule has 0 radical (unpaired) electrons. The zero-order valence-electron chi connectivity index (χ0n) is 17.2. The maximum Gasteiger partial charge on any atom is 0.119 e. The van der Waals surface area contributed by atoms with Gasteiger partial charge in [0.15, 0.2) is 0 Å². The van der Waals surface area contributed by atoms with E-state index in [0.29, 0.717) is 0 Å². The first-order valence-electron chi connectivity index (χ1n) is 9.89. The Bertz CT molecular complexity index is 924. The number of nitrogens with one attached hydrogen (secondary N) is 1. The number of ether oxygens (including phenoxy) is 1. The van der Waals surface area contributed by atoms with E-state index in [1.807, 2.05) is 62.4 Å². The van der Waals surface area contributed by atoms with E-state index in [9.17, 15) is 0 Å². The van der Waals surface area contributed by atoms with Crippen molar-refractivity contribution in [3.05, 3.63) is 82.9 Å². The molecule has 4 nitrogen and oxygen atoms in total. The first-order valence-corrected chi connectivity index (χ1v) is 10.3. The fourth-order valence-corrected chi connectivity index (χ4v) is 3.32. The van der Waals surface area contributed by atoms with E-state index < -0.39 is 0 Å². The largest absolute Gasteiger partial charge is 0.491 e. The summed E-state index contributed by atoms with van der Waals surface area (Å²) in [5.41, 5.74) is 5.25. The highest BCUT2D eigenvalue weighted by Crippen LogP contribution is 2.31. The van der Waals surface area contributed by atoms with Crippen LogP contribution in [0, 0.1) is 0 Å². The fraction of sp³-hybridized carbons (Fsp3) is 0.250. The van der Waals surface area contributed by atoms with Crippen LogP contribution in [0.15, 0.2) is 66.7 Å². The third kappa shape index (κ3) is 5.66. The summed E-state index contributed by atoms with van der Waals surface area (Å²) in [6.45, 7) is 6.97. The van der Waals surface area contributed by atoms with Gasteiger partial charge >= 0.3 is 0 Å². The van der Waals surface area contributed by atoms with Crippen LogP contribution in [0.25, 0.3) is 0 Å². The predicted molar refractivity (Wildman–Crippen MR) is 123 cm³/mol. The van der Waals surface area contributed by atoms with Gasteiger partial charge in [0.25, 0.3) is 0 Å². The van der Waals surface area contributed by atoms with Gasteiger partial charge in [-0.25, -0.2) is 5.84 Å². The van der Waals surface area contributed by atoms with E-state index in [1.165, 1.54) is 5.56 Å². The molecule has 3 rings (SSSR count). The molecule has 3 aromatic carbocycles. The van der Waals surface area contributed by atoms with Gasteiger partial charge in [-0.1, -0.05) is 23.7 Å². The van der Waals surface area contributed by atoms with Crippen LogP contribution in [0.4, 0.5) is 17.1 Å². The molecule has 0 heterocycles. The lowest BCUT2D eigenvalue weighted by atomic mass is 10.0. The molecule has 152 valence electrons. The van der Waals surface area contributed by atoms with E-state index in [2.05, 4.69) is 30.4 Å². The van der Waals surface area contributed by atoms with Gasteiger partial charge in [0.05, 0.1) is 17.5 Å². The van der Waals surface area contributed by atoms with Crippen LogP contribution >= 0.6 is 11.6 Å². The summed E-state index contributed by atoms with van der Waals surface area (Å²) >= 11 is 6.04. The van der Waals surface area contributed by atoms with E-state index in [4.69, 9.17) is 22.2 Å². The summed E-state index contributed by atoms with van der Waals surface area (Å²) in [6, 6.07) is 22.0. The lowest BCUT2D eigenvalue weighted by Crippen LogP contribution is -2.26. The Morgan fingerprint density at radius 2 is 1.69 bits per heavy atom. The highest BCUT2D eigenvalue weighted by atomic mass is 35.5. The molecule has 0 bridgehead atoms. The lowest BCUT2D eigenvalue weighted by Gasteiger charge is -2.23. The lowest BCUT2D eigenvalue weighted by molar-refractivity contribution is 0.242. The van der Waals surface area contributed by atoms with Gasteiger partial charge in [0.1, 0.15) is 5.75 Å². The Kier molecular flexibility index (Phi) is 7.02. The monoisotopic (exact) mass is 409 g/mol. The molecular formula is C24H28ClN3O. The van der Waals surface area contributed by atoms with Crippen LogP contribution in [0.5, 0.6) is 5.75 Å². The molecule has 0 spiro atoms. The summed E-state index contributed by atoms with van der Waals surface area (Å²) in [5.74, 6) is 7.36. The van der Waals surface area contributed by atoms with Gasteiger partial charge in [-0.05, 0) is 92.9 Å². The number of hydrazine groups is 1. The van der Waals surface area contributed by atoms with E-state index >= 15 is 0 Å². The summed E-state index contributed by atoms with van der Waals surface area (Å²) < 4.78 is 5.73. The van der Waals surface area contributed by atoms with Crippen molar-refractivity contribution in [2.45, 2.75) is 33.3 Å². The maximum absolute atomic E-state index is 6.52. The first-order chi connectivity index (χ1) is 14.0. The van der Waals surface area contributed by atoms with E-state index in [-0.39, 0.29) is 6.10 Å². The van der Waals surface area contributed by atoms with E-state index in [0.717, 1.165) is 46.4 Å².